The molecule has 0 unspecified atom stereocenters. The van der Waals surface area contributed by atoms with Gasteiger partial charge in [0.2, 0.25) is 23.6 Å². The summed E-state index contributed by atoms with van der Waals surface area (Å²) in [5, 5.41) is 15.9. The third-order valence-corrected chi connectivity index (χ3v) is 22.7. The molecule has 4 aliphatic rings. The Kier molecular flexibility index (Phi) is 26.4. The van der Waals surface area contributed by atoms with Crippen molar-refractivity contribution in [2.45, 2.75) is 194 Å². The summed E-state index contributed by atoms with van der Waals surface area (Å²) in [6.45, 7) is 15.9. The van der Waals surface area contributed by atoms with Gasteiger partial charge in [-0.15, -0.1) is 0 Å². The Morgan fingerprint density at radius 3 is 2.00 bits per heavy atom. The molecule has 15 heteroatoms. The van der Waals surface area contributed by atoms with Crippen molar-refractivity contribution in [3.05, 3.63) is 209 Å². The van der Waals surface area contributed by atoms with Gasteiger partial charge in [0.1, 0.15) is 30.0 Å². The van der Waals surface area contributed by atoms with Gasteiger partial charge in [-0.2, -0.15) is 0 Å². The fourth-order valence-corrected chi connectivity index (χ4v) is 17.3. The van der Waals surface area contributed by atoms with Gasteiger partial charge in [-0.25, -0.2) is 9.18 Å². The highest BCUT2D eigenvalue weighted by atomic mass is 19.1. The Hall–Kier alpha value is -8.14. The molecule has 3 saturated carbocycles. The molecular weight excluding hydrogens is 1250 g/mol. The Morgan fingerprint density at radius 1 is 0.640 bits per heavy atom. The highest BCUT2D eigenvalue weighted by Crippen LogP contribution is 2.67. The number of fused-ring (bicyclic) bond motifs is 5. The number of nitrogens with one attached hydrogen (secondary N) is 5. The van der Waals surface area contributed by atoms with Crippen LogP contribution >= 0.6 is 0 Å². The zero-order chi connectivity index (χ0) is 70.7. The Bertz CT molecular complexity index is 3610. The van der Waals surface area contributed by atoms with E-state index in [2.05, 4.69) is 104 Å². The number of unbranched alkanes of at least 4 members (excludes halogenated alkanes) is 1. The van der Waals surface area contributed by atoms with Crippen molar-refractivity contribution >= 4 is 35.5 Å². The molecule has 0 heterocycles. The molecule has 10 atom stereocenters. The molecule has 534 valence electrons. The number of rotatable bonds is 34. The highest BCUT2D eigenvalue weighted by molar-refractivity contribution is 5.97. The first-order valence-electron chi connectivity index (χ1n) is 37.0. The standard InChI is InChI=1S/C85H108FN5O9/c1-58(2)18-16-19-60(4)74-43-44-75-73-42-33-66-55-72(47-49-83(66,5)76(73)48-50-84(74,75)6)98-53-17-51-87-78(92)45-46-79(93)89-69(54-61-27-34-67(86)35-28-61)56-80(94)91-77(81(95)90-68-36-29-62(30-37-68)57-99-82(96)100-71-38-25-59(3)26-39-71)24-14-15-52-88-85(63-20-10-8-11-21-63,64-22-12-9-13-23-64)65-31-40-70(97-7)41-32-65/h8-13,20-23,25-41,58,60,69,72-77,88H,14-19,24,42-57H2,1-7H3,(H,87,92)(H,89,93)(H,90,95)(H,91,94)/t60-,69+,72+,73+,74-,75+,76+,77+,83+,84-/m1/s1. The average molecular weight is 1360 g/mol. The summed E-state index contributed by atoms with van der Waals surface area (Å²) < 4.78 is 37.0. The fraction of sp³-hybridized carbons (Fsp3) is 0.494. The van der Waals surface area contributed by atoms with E-state index in [1.807, 2.05) is 67.6 Å². The number of methoxy groups -OCH3 is 1. The minimum atomic E-state index is -1.01. The molecule has 4 amide bonds. The maximum atomic E-state index is 14.5. The lowest BCUT2D eigenvalue weighted by Crippen LogP contribution is -2.51. The third kappa shape index (κ3) is 19.5. The Balaban J connectivity index is 0.726. The van der Waals surface area contributed by atoms with Crippen LogP contribution in [0, 0.1) is 59.1 Å². The average Bonchev–Trinajstić information content (AvgIpc) is 1.20. The topological polar surface area (TPSA) is 182 Å². The summed E-state index contributed by atoms with van der Waals surface area (Å²) in [5.74, 6) is 3.88. The van der Waals surface area contributed by atoms with Crippen molar-refractivity contribution in [3.8, 4) is 11.5 Å². The van der Waals surface area contributed by atoms with Gasteiger partial charge >= 0.3 is 6.16 Å². The zero-order valence-electron chi connectivity index (χ0n) is 60.1. The van der Waals surface area contributed by atoms with Crippen LogP contribution in [0.1, 0.15) is 184 Å². The van der Waals surface area contributed by atoms with E-state index < -0.39 is 47.3 Å². The molecule has 3 fully saturated rings. The van der Waals surface area contributed by atoms with Gasteiger partial charge in [0.15, 0.2) is 0 Å². The predicted octanol–water partition coefficient (Wildman–Crippen LogP) is 16.9. The SMILES string of the molecule is COc1ccc(C(NCCCC[C@H](NC(=O)C[C@H](Cc2ccc(F)cc2)NC(=O)CCC(=O)NCCCO[C@H]2CC[C@@]3(C)C(=CC[C@H]4[C@@H]5CC[C@H]([C@H](C)CCCC(C)C)[C@@]5(C)CC[C@@H]43)C2)C(=O)Nc2ccc(COC(=O)Oc3ccc(C)cc3)cc2)(c2ccccc2)c2ccccc2)cc1. The molecule has 4 aliphatic carbocycles. The second kappa shape index (κ2) is 35.5. The van der Waals surface area contributed by atoms with Gasteiger partial charge in [0.05, 0.1) is 18.8 Å². The van der Waals surface area contributed by atoms with Crippen LogP contribution in [0.25, 0.3) is 0 Å². The predicted molar refractivity (Wildman–Crippen MR) is 393 cm³/mol. The molecule has 0 aromatic heterocycles. The van der Waals surface area contributed by atoms with Crippen LogP contribution in [-0.4, -0.2) is 74.8 Å². The summed E-state index contributed by atoms with van der Waals surface area (Å²) in [5.41, 5.74) is 7.47. The van der Waals surface area contributed by atoms with E-state index in [0.29, 0.717) is 66.9 Å². The van der Waals surface area contributed by atoms with Crippen LogP contribution < -0.4 is 36.1 Å². The van der Waals surface area contributed by atoms with Crippen LogP contribution in [0.15, 0.2) is 169 Å². The molecule has 0 radical (unpaired) electrons. The van der Waals surface area contributed by atoms with E-state index in [1.165, 1.54) is 69.9 Å². The Labute approximate surface area is 593 Å². The number of hydrogen-bond acceptors (Lipinski definition) is 10. The number of amides is 4. The summed E-state index contributed by atoms with van der Waals surface area (Å²) in [6, 6.07) is 46.5. The first-order valence-corrected chi connectivity index (χ1v) is 37.0. The molecule has 0 aliphatic heterocycles. The van der Waals surface area contributed by atoms with Crippen molar-refractivity contribution in [1.29, 1.82) is 0 Å². The molecule has 14 nitrogen and oxygen atoms in total. The van der Waals surface area contributed by atoms with Gasteiger partial charge in [-0.3, -0.25) is 24.5 Å². The van der Waals surface area contributed by atoms with Gasteiger partial charge in [0, 0.05) is 44.1 Å². The normalized spacial score (nSPS) is 21.8. The van der Waals surface area contributed by atoms with Crippen molar-refractivity contribution in [2.24, 2.45) is 46.3 Å². The van der Waals surface area contributed by atoms with E-state index in [9.17, 15) is 28.4 Å². The lowest BCUT2D eigenvalue weighted by atomic mass is 9.47. The zero-order valence-corrected chi connectivity index (χ0v) is 60.1. The number of carbonyl (C=O) groups excluding carboxylic acids is 5. The van der Waals surface area contributed by atoms with Crippen LogP contribution in [0.5, 0.6) is 11.5 Å². The first kappa shape index (κ1) is 74.5. The lowest BCUT2D eigenvalue weighted by molar-refractivity contribution is -0.128. The summed E-state index contributed by atoms with van der Waals surface area (Å²) in [7, 11) is 1.64. The fourth-order valence-electron chi connectivity index (χ4n) is 17.3. The number of hydrogen-bond donors (Lipinski definition) is 5. The second-order valence-corrected chi connectivity index (χ2v) is 29.9. The molecule has 100 heavy (non-hydrogen) atoms. The third-order valence-electron chi connectivity index (χ3n) is 22.7. The van der Waals surface area contributed by atoms with Crippen molar-refractivity contribution < 1.29 is 47.3 Å². The van der Waals surface area contributed by atoms with E-state index in [4.69, 9.17) is 18.9 Å². The van der Waals surface area contributed by atoms with Gasteiger partial charge in [-0.1, -0.05) is 180 Å². The van der Waals surface area contributed by atoms with Crippen LogP contribution in [-0.2, 0) is 47.2 Å². The number of allylic oxidation sites excluding steroid dienone is 1. The molecule has 10 rings (SSSR count). The van der Waals surface area contributed by atoms with Gasteiger partial charge in [-0.05, 0) is 220 Å². The van der Waals surface area contributed by atoms with Gasteiger partial charge in [0.25, 0.3) is 0 Å². The largest absolute Gasteiger partial charge is 0.514 e. The number of halogens is 1. The maximum Gasteiger partial charge on any atom is 0.514 e. The molecule has 6 aromatic rings. The Morgan fingerprint density at radius 2 is 1.31 bits per heavy atom. The molecule has 0 spiro atoms. The van der Waals surface area contributed by atoms with E-state index >= 15 is 0 Å². The lowest BCUT2D eigenvalue weighted by Gasteiger charge is -2.58. The summed E-state index contributed by atoms with van der Waals surface area (Å²) >= 11 is 0. The second-order valence-electron chi connectivity index (χ2n) is 29.9. The van der Waals surface area contributed by atoms with Gasteiger partial charge < -0.3 is 40.2 Å². The van der Waals surface area contributed by atoms with Crippen molar-refractivity contribution in [3.63, 3.8) is 0 Å². The minimum Gasteiger partial charge on any atom is -0.497 e. The number of aryl methyl sites for hydroxylation is 1. The maximum absolute atomic E-state index is 14.5. The number of carbonyl (C=O) groups is 5. The quantitative estimate of drug-likeness (QED) is 0.00857. The molecular formula is C85H108FN5O9. The van der Waals surface area contributed by atoms with E-state index in [-0.39, 0.29) is 56.1 Å². The molecule has 6 aromatic carbocycles. The van der Waals surface area contributed by atoms with Crippen LogP contribution in [0.2, 0.25) is 0 Å². The van der Waals surface area contributed by atoms with E-state index in [0.717, 1.165) is 76.4 Å². The molecule has 0 saturated heterocycles. The first-order chi connectivity index (χ1) is 48.3. The minimum absolute atomic E-state index is 0.0543. The molecule has 5 N–H and O–H groups in total. The number of ether oxygens (including phenoxy) is 4. The van der Waals surface area contributed by atoms with Crippen LogP contribution in [0.4, 0.5) is 14.9 Å². The monoisotopic (exact) mass is 1360 g/mol. The summed E-state index contributed by atoms with van der Waals surface area (Å²) in [6.07, 6.45) is 17.8. The highest BCUT2D eigenvalue weighted by Gasteiger charge is 2.59. The number of benzene rings is 6. The van der Waals surface area contributed by atoms with Crippen molar-refractivity contribution in [2.75, 3.05) is 32.1 Å². The number of anilines is 1. The summed E-state index contributed by atoms with van der Waals surface area (Å²) in [4.78, 5) is 68.4. The molecule has 0 bridgehead atoms. The van der Waals surface area contributed by atoms with Crippen molar-refractivity contribution in [1.82, 2.24) is 21.3 Å². The van der Waals surface area contributed by atoms with E-state index in [1.54, 1.807) is 61.2 Å². The smallest absolute Gasteiger partial charge is 0.497 e. The van der Waals surface area contributed by atoms with Crippen LogP contribution in [0.3, 0.4) is 0 Å².